The molecule has 0 aliphatic heterocycles. The van der Waals surface area contributed by atoms with Crippen molar-refractivity contribution in [1.29, 1.82) is 0 Å². The molecule has 7 aromatic rings. The Hall–Kier alpha value is -4.44. The Labute approximate surface area is 329 Å². The fraction of sp³-hybridized carbons (Fsp3) is 0.312. The molecule has 5 heteroatoms. The van der Waals surface area contributed by atoms with E-state index in [0.29, 0.717) is 11.8 Å². The molecule has 0 saturated carbocycles. The second kappa shape index (κ2) is 16.7. The average Bonchev–Trinajstić information content (AvgIpc) is 3.51. The molecule has 0 aliphatic carbocycles. The van der Waals surface area contributed by atoms with Crippen molar-refractivity contribution in [2.45, 2.75) is 87.5 Å². The van der Waals surface area contributed by atoms with E-state index < -0.39 is 0 Å². The number of fused-ring (bicyclic) bond motifs is 3. The number of aromatic nitrogens is 3. The molecule has 3 aromatic carbocycles. The summed E-state index contributed by atoms with van der Waals surface area (Å²) >= 11 is 0. The van der Waals surface area contributed by atoms with E-state index in [4.69, 9.17) is 9.40 Å². The summed E-state index contributed by atoms with van der Waals surface area (Å²) in [7, 11) is 0. The van der Waals surface area contributed by atoms with Gasteiger partial charge < -0.3 is 19.4 Å². The van der Waals surface area contributed by atoms with E-state index in [-0.39, 0.29) is 25.5 Å². The normalized spacial score (nSPS) is 11.5. The Bertz CT molecular complexity index is 2320. The first kappa shape index (κ1) is 39.8. The Balaban J connectivity index is 0.000000242. The van der Waals surface area contributed by atoms with E-state index in [9.17, 15) is 0 Å². The van der Waals surface area contributed by atoms with Crippen LogP contribution in [0.3, 0.4) is 0 Å². The van der Waals surface area contributed by atoms with Crippen LogP contribution in [0.15, 0.2) is 95.7 Å². The first-order valence-electron chi connectivity index (χ1n) is 18.5. The number of hydrogen-bond donors (Lipinski definition) is 0. The van der Waals surface area contributed by atoms with Crippen LogP contribution >= 0.6 is 0 Å². The van der Waals surface area contributed by atoms with Gasteiger partial charge >= 0.3 is 0 Å². The number of rotatable bonds is 8. The zero-order valence-electron chi connectivity index (χ0n) is 32.8. The summed E-state index contributed by atoms with van der Waals surface area (Å²) in [4.78, 5) is 13.9. The largest absolute Gasteiger partial charge is 0.500 e. The maximum atomic E-state index is 6.53. The van der Waals surface area contributed by atoms with Crippen molar-refractivity contribution in [3.05, 3.63) is 148 Å². The molecule has 7 rings (SSSR count). The van der Waals surface area contributed by atoms with Gasteiger partial charge in [-0.2, -0.15) is 0 Å². The van der Waals surface area contributed by atoms with Gasteiger partial charge in [-0.1, -0.05) is 127 Å². The van der Waals surface area contributed by atoms with Gasteiger partial charge in [0.1, 0.15) is 5.58 Å². The first-order chi connectivity index (χ1) is 24.8. The molecule has 4 nitrogen and oxygen atoms in total. The minimum absolute atomic E-state index is 0. The van der Waals surface area contributed by atoms with Crippen molar-refractivity contribution in [3.8, 4) is 22.5 Å². The van der Waals surface area contributed by atoms with Crippen molar-refractivity contribution in [2.75, 3.05) is 0 Å². The van der Waals surface area contributed by atoms with Crippen LogP contribution in [0.5, 0.6) is 0 Å². The molecule has 0 N–H and O–H groups in total. The summed E-state index contributed by atoms with van der Waals surface area (Å²) in [5.41, 5.74) is 15.2. The van der Waals surface area contributed by atoms with Gasteiger partial charge in [0, 0.05) is 43.3 Å². The van der Waals surface area contributed by atoms with Crippen LogP contribution in [0.2, 0.25) is 0 Å². The molecule has 4 aromatic heterocycles. The summed E-state index contributed by atoms with van der Waals surface area (Å²) in [6.07, 6.45) is 9.27. The Morgan fingerprint density at radius 2 is 1.34 bits per heavy atom. The number of furan rings is 1. The summed E-state index contributed by atoms with van der Waals surface area (Å²) in [6, 6.07) is 31.1. The summed E-state index contributed by atoms with van der Waals surface area (Å²) in [6.45, 7) is 21.8. The Morgan fingerprint density at radius 1 is 0.717 bits per heavy atom. The van der Waals surface area contributed by atoms with Crippen molar-refractivity contribution in [1.82, 2.24) is 15.0 Å². The minimum atomic E-state index is -0.138. The number of nitrogens with zero attached hydrogens (tertiary/aromatic N) is 3. The Morgan fingerprint density at radius 3 is 1.94 bits per heavy atom. The van der Waals surface area contributed by atoms with Gasteiger partial charge in [0.05, 0.1) is 5.58 Å². The third-order valence-electron chi connectivity index (χ3n) is 10.0. The molecule has 0 spiro atoms. The zero-order valence-corrected chi connectivity index (χ0v) is 35.2. The Kier molecular flexibility index (Phi) is 12.5. The van der Waals surface area contributed by atoms with E-state index in [1.54, 1.807) is 0 Å². The van der Waals surface area contributed by atoms with Crippen LogP contribution in [0.4, 0.5) is 0 Å². The number of aryl methyl sites for hydroxylation is 4. The molecule has 0 saturated heterocycles. The molecule has 0 atom stereocenters. The molecule has 0 bridgehead atoms. The third kappa shape index (κ3) is 8.86. The monoisotopic (exact) mass is 878 g/mol. The molecular weight excluding hydrogens is 827 g/mol. The number of pyridine rings is 3. The van der Waals surface area contributed by atoms with E-state index in [2.05, 4.69) is 157 Å². The van der Waals surface area contributed by atoms with Gasteiger partial charge in [0.15, 0.2) is 0 Å². The fourth-order valence-corrected chi connectivity index (χ4v) is 6.86. The smallest absolute Gasteiger partial charge is 0.121 e. The van der Waals surface area contributed by atoms with Crippen molar-refractivity contribution < 1.29 is 24.5 Å². The van der Waals surface area contributed by atoms with E-state index >= 15 is 0 Å². The van der Waals surface area contributed by atoms with Gasteiger partial charge in [-0.3, -0.25) is 0 Å². The van der Waals surface area contributed by atoms with Crippen LogP contribution < -0.4 is 0 Å². The molecule has 4 heterocycles. The van der Waals surface area contributed by atoms with Gasteiger partial charge in [0.25, 0.3) is 0 Å². The van der Waals surface area contributed by atoms with Crippen LogP contribution in [-0.2, 0) is 38.4 Å². The maximum absolute atomic E-state index is 6.53. The maximum Gasteiger partial charge on any atom is 0.121 e. The van der Waals surface area contributed by atoms with Gasteiger partial charge in [0.2, 0.25) is 0 Å². The molecular formula is C48H51IrN3O-2. The molecule has 275 valence electrons. The van der Waals surface area contributed by atoms with Crippen LogP contribution in [-0.4, -0.2) is 15.0 Å². The first-order valence-corrected chi connectivity index (χ1v) is 18.5. The number of benzene rings is 3. The van der Waals surface area contributed by atoms with Gasteiger partial charge in [-0.25, -0.2) is 0 Å². The van der Waals surface area contributed by atoms with E-state index in [0.717, 1.165) is 63.0 Å². The van der Waals surface area contributed by atoms with Crippen LogP contribution in [0.25, 0.3) is 44.5 Å². The molecule has 0 fully saturated rings. The quantitative estimate of drug-likeness (QED) is 0.143. The second-order valence-corrected chi connectivity index (χ2v) is 15.7. The zero-order chi connectivity index (χ0) is 37.2. The predicted molar refractivity (Wildman–Crippen MR) is 217 cm³/mol. The van der Waals surface area contributed by atoms with Crippen molar-refractivity contribution >= 4 is 21.9 Å². The minimum Gasteiger partial charge on any atom is -0.500 e. The van der Waals surface area contributed by atoms with E-state index in [1.165, 1.54) is 38.9 Å². The average molecular weight is 878 g/mol. The molecule has 0 aliphatic rings. The fourth-order valence-electron chi connectivity index (χ4n) is 6.86. The molecule has 53 heavy (non-hydrogen) atoms. The SMILES string of the molecule is Cc1c[c-]c(-c2cc(CC(C)C)c(C)cn2)cc1.Cc1cnc(-c2[c-]nc(C)c3c2oc2cc(C(C)(C)c4ccccc4)ccc23)cc1CC(C)C.[Ir]. The molecule has 0 amide bonds. The summed E-state index contributed by atoms with van der Waals surface area (Å²) in [5.74, 6) is 1.24. The van der Waals surface area contributed by atoms with Crippen molar-refractivity contribution in [3.63, 3.8) is 0 Å². The predicted octanol–water partition coefficient (Wildman–Crippen LogP) is 12.3. The second-order valence-electron chi connectivity index (χ2n) is 15.7. The topological polar surface area (TPSA) is 51.8 Å². The van der Waals surface area contributed by atoms with Crippen molar-refractivity contribution in [2.24, 2.45) is 11.8 Å². The van der Waals surface area contributed by atoms with Crippen LogP contribution in [0.1, 0.15) is 86.2 Å². The third-order valence-corrected chi connectivity index (χ3v) is 10.0. The summed E-state index contributed by atoms with van der Waals surface area (Å²) in [5, 5.41) is 2.12. The number of hydrogen-bond acceptors (Lipinski definition) is 4. The molecule has 1 radical (unpaired) electrons. The standard InChI is InChI=1S/C31H31N2O.C17H20N.Ir/c1-19(2)14-22-15-27(33-17-20(22)3)26-18-32-21(4)29-25-13-12-24(16-28(25)34-30(26)29)31(5,6)23-10-8-7-9-11-23;1-12(2)9-16-10-17(18-11-14(16)4)15-7-5-13(3)6-8-15;/h7-13,15-17,19H,14H2,1-6H3;5-7,10-12H,9H2,1-4H3;/q2*-1;. The van der Waals surface area contributed by atoms with Gasteiger partial charge in [-0.15, -0.1) is 35.4 Å². The molecule has 0 unspecified atom stereocenters. The van der Waals surface area contributed by atoms with E-state index in [1.807, 2.05) is 25.4 Å². The van der Waals surface area contributed by atoms with Gasteiger partial charge in [-0.05, 0) is 95.5 Å². The summed E-state index contributed by atoms with van der Waals surface area (Å²) < 4.78 is 6.53. The van der Waals surface area contributed by atoms with Crippen LogP contribution in [0, 0.1) is 51.8 Å².